The van der Waals surface area contributed by atoms with E-state index in [0.717, 1.165) is 12.1 Å². The van der Waals surface area contributed by atoms with Gasteiger partial charge in [-0.1, -0.05) is 12.1 Å². The minimum atomic E-state index is -4.51. The predicted octanol–water partition coefficient (Wildman–Crippen LogP) is 0.298. The Morgan fingerprint density at radius 1 is 1.43 bits per heavy atom. The van der Waals surface area contributed by atoms with Crippen LogP contribution >= 0.6 is 12.4 Å². The minimum Gasteiger partial charge on any atom is -0.480 e. The Balaban J connectivity index is 0.00000450. The van der Waals surface area contributed by atoms with Gasteiger partial charge in [0, 0.05) is 45.6 Å². The van der Waals surface area contributed by atoms with Gasteiger partial charge in [0.25, 0.3) is 5.69 Å². The van der Waals surface area contributed by atoms with Crippen LogP contribution in [0.2, 0.25) is 0 Å². The van der Waals surface area contributed by atoms with Gasteiger partial charge in [0.05, 0.1) is 4.92 Å². The molecule has 1 aliphatic rings. The summed E-state index contributed by atoms with van der Waals surface area (Å²) in [6.45, 7) is -0.404. The van der Waals surface area contributed by atoms with E-state index in [1.807, 2.05) is 0 Å². The molecule has 2 atom stereocenters. The maximum atomic E-state index is 15.2. The van der Waals surface area contributed by atoms with Crippen LogP contribution in [0.15, 0.2) is 29.2 Å². The van der Waals surface area contributed by atoms with E-state index in [0.29, 0.717) is 4.31 Å². The number of nitrogens with zero attached hydrogens (tertiary/aromatic N) is 2. The third kappa shape index (κ3) is 6.08. The molecule has 168 valence electrons. The number of alkyl halides is 1. The second-order valence-corrected chi connectivity index (χ2v) is 8.58. The molecule has 1 saturated heterocycles. The van der Waals surface area contributed by atoms with Gasteiger partial charge in [-0.2, -0.15) is 4.31 Å². The molecule has 14 heteroatoms. The quantitative estimate of drug-likeness (QED) is 0.344. The average molecular weight is 469 g/mol. The Bertz CT molecular complexity index is 917. The van der Waals surface area contributed by atoms with E-state index in [2.05, 4.69) is 10.6 Å². The normalized spacial score (nSPS) is 21.1. The van der Waals surface area contributed by atoms with Crippen LogP contribution in [0.4, 0.5) is 10.1 Å². The van der Waals surface area contributed by atoms with Crippen LogP contribution in [0.3, 0.4) is 0 Å². The molecular formula is C16H22ClFN4O7S. The molecule has 1 aliphatic heterocycles. The number of halogens is 2. The Morgan fingerprint density at radius 3 is 2.60 bits per heavy atom. The third-order valence-corrected chi connectivity index (χ3v) is 6.30. The molecule has 0 aliphatic carbocycles. The lowest BCUT2D eigenvalue weighted by Gasteiger charge is -2.28. The molecule has 3 N–H and O–H groups in total. The van der Waals surface area contributed by atoms with E-state index in [4.69, 9.17) is 5.11 Å². The van der Waals surface area contributed by atoms with Gasteiger partial charge in [-0.15, -0.1) is 12.4 Å². The maximum absolute atomic E-state index is 15.2. The number of nitro groups is 1. The van der Waals surface area contributed by atoms with Gasteiger partial charge >= 0.3 is 5.97 Å². The standard InChI is InChI=1S/C16H21FN4O7S.ClH/c1-11(22)18-6-7-20(10-16(17)8-12(15(23)24)19-9-16)29(27,28)14-5-3-2-4-13(14)21(25)26;/h2-5,12,19H,6-10H2,1H3,(H,18,22)(H,23,24);1H/t12-,16+;/m0./s1. The summed E-state index contributed by atoms with van der Waals surface area (Å²) in [5, 5.41) is 25.1. The van der Waals surface area contributed by atoms with Crippen LogP contribution in [-0.2, 0) is 19.6 Å². The Morgan fingerprint density at radius 2 is 2.07 bits per heavy atom. The molecule has 0 saturated carbocycles. The molecule has 11 nitrogen and oxygen atoms in total. The number of nitro benzene ring substituents is 1. The second kappa shape index (κ2) is 10.1. The monoisotopic (exact) mass is 468 g/mol. The van der Waals surface area contributed by atoms with Crippen molar-refractivity contribution in [3.63, 3.8) is 0 Å². The third-order valence-electron chi connectivity index (χ3n) is 4.41. The SMILES string of the molecule is CC(=O)NCCN(C[C@]1(F)CN[C@H](C(=O)O)C1)S(=O)(=O)c1ccccc1[N+](=O)[O-].Cl. The number of carbonyl (C=O) groups is 2. The van der Waals surface area contributed by atoms with Crippen LogP contribution < -0.4 is 10.6 Å². The molecule has 1 amide bonds. The first-order valence-corrected chi connectivity index (χ1v) is 10.0. The Labute approximate surface area is 178 Å². The number of carbonyl (C=O) groups excluding carboxylic acids is 1. The number of rotatable bonds is 9. The summed E-state index contributed by atoms with van der Waals surface area (Å²) >= 11 is 0. The highest BCUT2D eigenvalue weighted by molar-refractivity contribution is 7.89. The molecule has 1 aromatic rings. The number of para-hydroxylation sites is 1. The summed E-state index contributed by atoms with van der Waals surface area (Å²) in [4.78, 5) is 31.9. The van der Waals surface area contributed by atoms with E-state index >= 15 is 4.39 Å². The molecule has 0 radical (unpaired) electrons. The topological polar surface area (TPSA) is 159 Å². The van der Waals surface area contributed by atoms with Gasteiger partial charge in [-0.25, -0.2) is 12.8 Å². The molecule has 0 bridgehead atoms. The van der Waals surface area contributed by atoms with Crippen LogP contribution in [0.5, 0.6) is 0 Å². The molecule has 0 unspecified atom stereocenters. The van der Waals surface area contributed by atoms with Crippen molar-refractivity contribution in [1.82, 2.24) is 14.9 Å². The molecule has 1 fully saturated rings. The second-order valence-electron chi connectivity index (χ2n) is 6.67. The maximum Gasteiger partial charge on any atom is 0.320 e. The number of carboxylic acids is 1. The highest BCUT2D eigenvalue weighted by Crippen LogP contribution is 2.31. The fraction of sp³-hybridized carbons (Fsp3) is 0.500. The number of aliphatic carboxylic acids is 1. The summed E-state index contributed by atoms with van der Waals surface area (Å²) in [5.74, 6) is -1.70. The molecule has 0 spiro atoms. The zero-order valence-corrected chi connectivity index (χ0v) is 17.5. The number of nitrogens with one attached hydrogen (secondary N) is 2. The van der Waals surface area contributed by atoms with Crippen LogP contribution in [0.1, 0.15) is 13.3 Å². The zero-order valence-electron chi connectivity index (χ0n) is 15.9. The number of benzene rings is 1. The van der Waals surface area contributed by atoms with Crippen molar-refractivity contribution < 1.29 is 32.4 Å². The van der Waals surface area contributed by atoms with E-state index in [1.54, 1.807) is 0 Å². The van der Waals surface area contributed by atoms with E-state index in [-0.39, 0.29) is 25.5 Å². The van der Waals surface area contributed by atoms with Crippen LogP contribution in [-0.4, -0.2) is 72.5 Å². The molecular weight excluding hydrogens is 447 g/mol. The van der Waals surface area contributed by atoms with Crippen molar-refractivity contribution in [2.75, 3.05) is 26.2 Å². The fourth-order valence-corrected chi connectivity index (χ4v) is 4.70. The number of hydrogen-bond acceptors (Lipinski definition) is 7. The smallest absolute Gasteiger partial charge is 0.320 e. The largest absolute Gasteiger partial charge is 0.480 e. The van der Waals surface area contributed by atoms with Crippen LogP contribution in [0.25, 0.3) is 0 Å². The zero-order chi connectivity index (χ0) is 21.8. The summed E-state index contributed by atoms with van der Waals surface area (Å²) in [5.41, 5.74) is -2.87. The summed E-state index contributed by atoms with van der Waals surface area (Å²) in [6, 6.07) is 3.48. The van der Waals surface area contributed by atoms with E-state index in [9.17, 15) is 28.1 Å². The van der Waals surface area contributed by atoms with Crippen molar-refractivity contribution in [2.45, 2.75) is 30.0 Å². The minimum absolute atomic E-state index is 0. The highest BCUT2D eigenvalue weighted by Gasteiger charge is 2.46. The van der Waals surface area contributed by atoms with Crippen molar-refractivity contribution in [3.05, 3.63) is 34.4 Å². The van der Waals surface area contributed by atoms with Gasteiger partial charge in [-0.3, -0.25) is 19.7 Å². The first kappa shape index (κ1) is 25.7. The molecule has 0 aromatic heterocycles. The van der Waals surface area contributed by atoms with E-state index < -0.39 is 68.6 Å². The lowest BCUT2D eigenvalue weighted by molar-refractivity contribution is -0.387. The lowest BCUT2D eigenvalue weighted by Crippen LogP contribution is -2.47. The molecule has 30 heavy (non-hydrogen) atoms. The van der Waals surface area contributed by atoms with Crippen molar-refractivity contribution in [3.8, 4) is 0 Å². The van der Waals surface area contributed by atoms with Gasteiger partial charge in [0.1, 0.15) is 11.7 Å². The fourth-order valence-electron chi connectivity index (χ4n) is 3.03. The van der Waals surface area contributed by atoms with Gasteiger partial charge in [0.2, 0.25) is 15.9 Å². The average Bonchev–Trinajstić information content (AvgIpc) is 3.03. The predicted molar refractivity (Wildman–Crippen MR) is 106 cm³/mol. The van der Waals surface area contributed by atoms with Gasteiger partial charge in [0.15, 0.2) is 4.90 Å². The van der Waals surface area contributed by atoms with Crippen molar-refractivity contribution in [2.24, 2.45) is 0 Å². The van der Waals surface area contributed by atoms with Crippen molar-refractivity contribution >= 4 is 40.0 Å². The summed E-state index contributed by atoms with van der Waals surface area (Å²) in [7, 11) is -4.51. The summed E-state index contributed by atoms with van der Waals surface area (Å²) in [6.07, 6.45) is -0.467. The van der Waals surface area contributed by atoms with E-state index in [1.165, 1.54) is 19.1 Å². The number of sulfonamides is 1. The van der Waals surface area contributed by atoms with Crippen LogP contribution in [0, 0.1) is 10.1 Å². The first-order chi connectivity index (χ1) is 13.5. The Hall–Kier alpha value is -2.35. The molecule has 1 heterocycles. The molecule has 2 rings (SSSR count). The lowest BCUT2D eigenvalue weighted by atomic mass is 10.0. The number of amides is 1. The first-order valence-electron chi connectivity index (χ1n) is 8.59. The molecule has 1 aromatic carbocycles. The number of carboxylic acid groups (broad SMARTS) is 1. The van der Waals surface area contributed by atoms with Gasteiger partial charge < -0.3 is 15.7 Å². The highest BCUT2D eigenvalue weighted by atomic mass is 35.5. The Kier molecular flexibility index (Phi) is 8.65. The van der Waals surface area contributed by atoms with Gasteiger partial charge in [-0.05, 0) is 6.07 Å². The van der Waals surface area contributed by atoms with Crippen molar-refractivity contribution in [1.29, 1.82) is 0 Å². The summed E-state index contributed by atoms with van der Waals surface area (Å²) < 4.78 is 42.1. The number of hydrogen-bond donors (Lipinski definition) is 3.